The van der Waals surface area contributed by atoms with Crippen molar-refractivity contribution in [3.8, 4) is 0 Å². The molecule has 0 bridgehead atoms. The van der Waals surface area contributed by atoms with Gasteiger partial charge in [-0.3, -0.25) is 4.79 Å². The molecule has 0 saturated carbocycles. The molecule has 1 saturated heterocycles. The van der Waals surface area contributed by atoms with Crippen LogP contribution < -0.4 is 16.0 Å². The number of benzene rings is 1. The number of H-pyrrole nitrogens is 1. The number of nitrogens with zero attached hydrogens (tertiary/aromatic N) is 3. The van der Waals surface area contributed by atoms with E-state index in [4.69, 9.17) is 15.6 Å². The second kappa shape index (κ2) is 10.8. The van der Waals surface area contributed by atoms with E-state index in [0.717, 1.165) is 25.9 Å². The predicted molar refractivity (Wildman–Crippen MR) is 105 cm³/mol. The number of anilines is 2. The highest BCUT2D eigenvalue weighted by atomic mass is 32.2. The number of rotatable bonds is 5. The predicted octanol–water partition coefficient (Wildman–Crippen LogP) is 2.04. The van der Waals surface area contributed by atoms with Crippen molar-refractivity contribution in [1.82, 2.24) is 20.5 Å². The van der Waals surface area contributed by atoms with Gasteiger partial charge in [-0.2, -0.15) is 18.2 Å². The number of thioether (sulfide) groups is 1. The summed E-state index contributed by atoms with van der Waals surface area (Å²) in [6.45, 7) is 1.44. The van der Waals surface area contributed by atoms with Gasteiger partial charge in [0, 0.05) is 19.1 Å². The van der Waals surface area contributed by atoms with Crippen molar-refractivity contribution in [3.63, 3.8) is 0 Å². The lowest BCUT2D eigenvalue weighted by molar-refractivity contribution is -0.192. The molecule has 3 rings (SSSR count). The highest BCUT2D eigenvalue weighted by molar-refractivity contribution is 7.99. The number of nitrogen functional groups attached to an aromatic ring is 1. The van der Waals surface area contributed by atoms with Gasteiger partial charge in [0.2, 0.25) is 17.0 Å². The molecule has 2 aromatic rings. The standard InChI is InChI=1S/C15H19FN6OS.C2HF3O2/c16-11-3-1-2-4-12(11)22-7-5-10(6-8-22)18-13(23)9-24-15-19-14(17)20-21-15;3-2(4,5)1(6)7/h1-4,10H,5-9H2,(H,18,23)(H3,17,19,20,21);(H,6,7). The zero-order valence-corrected chi connectivity index (χ0v) is 16.8. The molecular weight excluding hydrogens is 444 g/mol. The van der Waals surface area contributed by atoms with Gasteiger partial charge < -0.3 is 21.1 Å². The third kappa shape index (κ3) is 7.96. The van der Waals surface area contributed by atoms with Crippen LogP contribution in [0.4, 0.5) is 29.2 Å². The van der Waals surface area contributed by atoms with E-state index in [1.165, 1.54) is 17.8 Å². The topological polar surface area (TPSA) is 137 Å². The molecule has 1 aliphatic heterocycles. The van der Waals surface area contributed by atoms with Gasteiger partial charge in [0.05, 0.1) is 11.4 Å². The fourth-order valence-electron chi connectivity index (χ4n) is 2.70. The van der Waals surface area contributed by atoms with Crippen molar-refractivity contribution >= 4 is 35.3 Å². The molecular formula is C17H20F4N6O3S. The Labute approximate surface area is 178 Å². The minimum absolute atomic E-state index is 0.0623. The number of carboxylic acid groups (broad SMARTS) is 1. The van der Waals surface area contributed by atoms with Crippen LogP contribution in [0.5, 0.6) is 0 Å². The van der Waals surface area contributed by atoms with Crippen LogP contribution in [0.2, 0.25) is 0 Å². The summed E-state index contributed by atoms with van der Waals surface area (Å²) in [6.07, 6.45) is -3.50. The summed E-state index contributed by atoms with van der Waals surface area (Å²) in [5.41, 5.74) is 6.06. The van der Waals surface area contributed by atoms with E-state index >= 15 is 0 Å². The largest absolute Gasteiger partial charge is 0.490 e. The molecule has 1 aromatic heterocycles. The first-order chi connectivity index (χ1) is 14.6. The lowest BCUT2D eigenvalue weighted by Crippen LogP contribution is -2.45. The first-order valence-electron chi connectivity index (χ1n) is 8.96. The van der Waals surface area contributed by atoms with Crippen molar-refractivity contribution < 1.29 is 32.3 Å². The average molecular weight is 464 g/mol. The second-order valence-corrected chi connectivity index (χ2v) is 7.32. The van der Waals surface area contributed by atoms with Crippen molar-refractivity contribution in [2.24, 2.45) is 0 Å². The summed E-state index contributed by atoms with van der Waals surface area (Å²) < 4.78 is 45.5. The number of amides is 1. The van der Waals surface area contributed by atoms with Gasteiger partial charge in [0.15, 0.2) is 0 Å². The maximum Gasteiger partial charge on any atom is 0.490 e. The number of aliphatic carboxylic acids is 1. The quantitative estimate of drug-likeness (QED) is 0.390. The number of para-hydroxylation sites is 1. The van der Waals surface area contributed by atoms with Gasteiger partial charge in [-0.05, 0) is 25.0 Å². The Kier molecular flexibility index (Phi) is 8.47. The van der Waals surface area contributed by atoms with E-state index in [2.05, 4.69) is 20.5 Å². The molecule has 1 amide bonds. The summed E-state index contributed by atoms with van der Waals surface area (Å²) in [5.74, 6) is -2.55. The van der Waals surface area contributed by atoms with E-state index in [1.54, 1.807) is 12.1 Å². The van der Waals surface area contributed by atoms with Crippen molar-refractivity contribution in [3.05, 3.63) is 30.1 Å². The van der Waals surface area contributed by atoms with Gasteiger partial charge in [0.1, 0.15) is 5.82 Å². The van der Waals surface area contributed by atoms with Crippen molar-refractivity contribution in [1.29, 1.82) is 0 Å². The van der Waals surface area contributed by atoms with Crippen LogP contribution in [-0.4, -0.2) is 63.2 Å². The molecule has 0 atom stereocenters. The molecule has 9 nitrogen and oxygen atoms in total. The summed E-state index contributed by atoms with van der Waals surface area (Å²) in [4.78, 5) is 26.8. The van der Waals surface area contributed by atoms with Crippen LogP contribution in [0.25, 0.3) is 0 Å². The summed E-state index contributed by atoms with van der Waals surface area (Å²) in [7, 11) is 0. The first kappa shape index (κ1) is 24.2. The van der Waals surface area contributed by atoms with E-state index < -0.39 is 12.1 Å². The Morgan fingerprint density at radius 1 is 1.29 bits per heavy atom. The summed E-state index contributed by atoms with van der Waals surface area (Å²) >= 11 is 1.23. The zero-order chi connectivity index (χ0) is 23.0. The van der Waals surface area contributed by atoms with Crippen LogP contribution >= 0.6 is 11.8 Å². The average Bonchev–Trinajstić information content (AvgIpc) is 3.12. The van der Waals surface area contributed by atoms with E-state index in [0.29, 0.717) is 10.8 Å². The molecule has 1 aromatic carbocycles. The molecule has 0 aliphatic carbocycles. The van der Waals surface area contributed by atoms with Crippen molar-refractivity contribution in [2.45, 2.75) is 30.2 Å². The minimum atomic E-state index is -5.08. The van der Waals surface area contributed by atoms with Crippen molar-refractivity contribution in [2.75, 3.05) is 29.5 Å². The summed E-state index contributed by atoms with van der Waals surface area (Å²) in [6, 6.07) is 6.88. The number of hydrogen-bond donors (Lipinski definition) is 4. The molecule has 0 spiro atoms. The second-order valence-electron chi connectivity index (χ2n) is 6.38. The maximum atomic E-state index is 13.8. The van der Waals surface area contributed by atoms with Gasteiger partial charge in [0.25, 0.3) is 0 Å². The molecule has 1 fully saturated rings. The number of carboxylic acids is 1. The number of nitrogens with one attached hydrogen (secondary N) is 2. The fraction of sp³-hybridized carbons (Fsp3) is 0.412. The number of aromatic nitrogens is 3. The Bertz CT molecular complexity index is 887. The van der Waals surface area contributed by atoms with Crippen LogP contribution in [0.15, 0.2) is 29.4 Å². The third-order valence-corrected chi connectivity index (χ3v) is 4.96. The molecule has 5 N–H and O–H groups in total. The first-order valence-corrected chi connectivity index (χ1v) is 9.94. The van der Waals surface area contributed by atoms with Gasteiger partial charge in [-0.25, -0.2) is 14.3 Å². The number of nitrogens with two attached hydrogens (primary N) is 1. The SMILES string of the molecule is Nc1nc(SCC(=O)NC2CCN(c3ccccc3F)CC2)n[nH]1.O=C(O)C(F)(F)F. The number of hydrogen-bond acceptors (Lipinski definition) is 7. The van der Waals surface area contributed by atoms with E-state index in [-0.39, 0.29) is 29.5 Å². The normalized spacial score (nSPS) is 14.5. The lowest BCUT2D eigenvalue weighted by Gasteiger charge is -2.34. The van der Waals surface area contributed by atoms with Crippen LogP contribution in [0.1, 0.15) is 12.8 Å². The number of aromatic amines is 1. The minimum Gasteiger partial charge on any atom is -0.475 e. The Balaban J connectivity index is 0.000000423. The zero-order valence-electron chi connectivity index (χ0n) is 16.0. The lowest BCUT2D eigenvalue weighted by atomic mass is 10.0. The smallest absolute Gasteiger partial charge is 0.475 e. The number of carbonyl (C=O) groups is 2. The van der Waals surface area contributed by atoms with Gasteiger partial charge in [-0.15, -0.1) is 5.10 Å². The number of piperidine rings is 1. The van der Waals surface area contributed by atoms with Crippen LogP contribution in [-0.2, 0) is 9.59 Å². The van der Waals surface area contributed by atoms with E-state index in [1.807, 2.05) is 11.0 Å². The molecule has 1 aliphatic rings. The summed E-state index contributed by atoms with van der Waals surface area (Å²) in [5, 5.41) is 17.0. The number of alkyl halides is 3. The molecule has 14 heteroatoms. The highest BCUT2D eigenvalue weighted by Gasteiger charge is 2.38. The Morgan fingerprint density at radius 2 is 1.90 bits per heavy atom. The Morgan fingerprint density at radius 3 is 2.42 bits per heavy atom. The number of halogens is 4. The molecule has 0 unspecified atom stereocenters. The maximum absolute atomic E-state index is 13.8. The number of carbonyl (C=O) groups excluding carboxylic acids is 1. The van der Waals surface area contributed by atoms with Crippen LogP contribution in [0.3, 0.4) is 0 Å². The van der Waals surface area contributed by atoms with Crippen LogP contribution in [0, 0.1) is 5.82 Å². The Hall–Kier alpha value is -3.03. The van der Waals surface area contributed by atoms with Gasteiger partial charge in [-0.1, -0.05) is 23.9 Å². The highest BCUT2D eigenvalue weighted by Crippen LogP contribution is 2.23. The molecule has 0 radical (unpaired) electrons. The monoisotopic (exact) mass is 464 g/mol. The third-order valence-electron chi connectivity index (χ3n) is 4.11. The van der Waals surface area contributed by atoms with Gasteiger partial charge >= 0.3 is 12.1 Å². The molecule has 170 valence electrons. The molecule has 2 heterocycles. The fourth-order valence-corrected chi connectivity index (χ4v) is 3.31. The van der Waals surface area contributed by atoms with E-state index in [9.17, 15) is 22.4 Å². The molecule has 31 heavy (non-hydrogen) atoms.